The third-order valence-electron chi connectivity index (χ3n) is 4.12. The lowest BCUT2D eigenvalue weighted by molar-refractivity contribution is 0.0752. The van der Waals surface area contributed by atoms with Crippen LogP contribution in [0, 0.1) is 5.82 Å². The van der Waals surface area contributed by atoms with Gasteiger partial charge in [0, 0.05) is 19.3 Å². The third-order valence-corrected chi connectivity index (χ3v) is 4.12. The summed E-state index contributed by atoms with van der Waals surface area (Å²) in [5.41, 5.74) is -0.165. The van der Waals surface area contributed by atoms with E-state index in [0.717, 1.165) is 25.9 Å². The second-order valence-corrected chi connectivity index (χ2v) is 5.42. The standard InChI is InChI=1S/C14H18FN3O2/c15-10-4-3-5-16-13(10)14(20)18-8-11(12(19)9-18)17-6-1-2-7-17/h3-5,11-12,19H,1-2,6-9H2/t11-,12-/m1/s1. The number of nitrogens with zero attached hydrogens (tertiary/aromatic N) is 3. The molecule has 2 atom stereocenters. The fourth-order valence-corrected chi connectivity index (χ4v) is 3.06. The van der Waals surface area contributed by atoms with Gasteiger partial charge in [-0.3, -0.25) is 9.69 Å². The molecule has 108 valence electrons. The van der Waals surface area contributed by atoms with Gasteiger partial charge in [-0.05, 0) is 38.1 Å². The van der Waals surface area contributed by atoms with Crippen LogP contribution in [0.5, 0.6) is 0 Å². The van der Waals surface area contributed by atoms with Crippen molar-refractivity contribution in [2.24, 2.45) is 0 Å². The Morgan fingerprint density at radius 1 is 1.35 bits per heavy atom. The highest BCUT2D eigenvalue weighted by atomic mass is 19.1. The molecule has 1 aromatic heterocycles. The molecule has 6 heteroatoms. The Morgan fingerprint density at radius 3 is 2.80 bits per heavy atom. The summed E-state index contributed by atoms with van der Waals surface area (Å²) in [6, 6.07) is 2.65. The van der Waals surface area contributed by atoms with Gasteiger partial charge in [0.15, 0.2) is 11.5 Å². The summed E-state index contributed by atoms with van der Waals surface area (Å²) in [4.78, 5) is 19.8. The van der Waals surface area contributed by atoms with Crippen LogP contribution in [-0.4, -0.2) is 64.1 Å². The van der Waals surface area contributed by atoms with Gasteiger partial charge in [-0.1, -0.05) is 0 Å². The van der Waals surface area contributed by atoms with E-state index in [2.05, 4.69) is 9.88 Å². The van der Waals surface area contributed by atoms with Gasteiger partial charge in [0.1, 0.15) is 0 Å². The van der Waals surface area contributed by atoms with E-state index in [4.69, 9.17) is 0 Å². The van der Waals surface area contributed by atoms with E-state index in [1.807, 2.05) is 0 Å². The number of amides is 1. The lowest BCUT2D eigenvalue weighted by Crippen LogP contribution is -2.41. The predicted octanol–water partition coefficient (Wildman–Crippen LogP) is 0.502. The first-order valence-electron chi connectivity index (χ1n) is 6.98. The van der Waals surface area contributed by atoms with Crippen molar-refractivity contribution < 1.29 is 14.3 Å². The lowest BCUT2D eigenvalue weighted by Gasteiger charge is -2.25. The number of hydrogen-bond donors (Lipinski definition) is 1. The van der Waals surface area contributed by atoms with E-state index in [9.17, 15) is 14.3 Å². The Bertz CT molecular complexity index is 505. The van der Waals surface area contributed by atoms with Crippen LogP contribution < -0.4 is 0 Å². The van der Waals surface area contributed by atoms with Crippen LogP contribution in [0.25, 0.3) is 0 Å². The van der Waals surface area contributed by atoms with Gasteiger partial charge in [0.2, 0.25) is 0 Å². The second-order valence-electron chi connectivity index (χ2n) is 5.42. The number of pyridine rings is 1. The number of aromatic nitrogens is 1. The van der Waals surface area contributed by atoms with E-state index < -0.39 is 17.8 Å². The topological polar surface area (TPSA) is 56.7 Å². The molecule has 0 spiro atoms. The Labute approximate surface area is 117 Å². The molecule has 2 aliphatic heterocycles. The van der Waals surface area contributed by atoms with Gasteiger partial charge >= 0.3 is 0 Å². The maximum Gasteiger partial charge on any atom is 0.275 e. The van der Waals surface area contributed by atoms with E-state index >= 15 is 0 Å². The highest BCUT2D eigenvalue weighted by Crippen LogP contribution is 2.22. The largest absolute Gasteiger partial charge is 0.390 e. The van der Waals surface area contributed by atoms with Gasteiger partial charge < -0.3 is 10.0 Å². The van der Waals surface area contributed by atoms with E-state index in [1.165, 1.54) is 23.2 Å². The molecule has 2 fully saturated rings. The van der Waals surface area contributed by atoms with Crippen molar-refractivity contribution in [2.75, 3.05) is 26.2 Å². The van der Waals surface area contributed by atoms with Crippen molar-refractivity contribution in [1.82, 2.24) is 14.8 Å². The van der Waals surface area contributed by atoms with Crippen molar-refractivity contribution >= 4 is 5.91 Å². The number of carbonyl (C=O) groups is 1. The minimum absolute atomic E-state index is 0.0341. The maximum atomic E-state index is 13.6. The normalized spacial score (nSPS) is 27.2. The molecule has 0 unspecified atom stereocenters. The fraction of sp³-hybridized carbons (Fsp3) is 0.571. The predicted molar refractivity (Wildman–Crippen MR) is 70.7 cm³/mol. The highest BCUT2D eigenvalue weighted by Gasteiger charge is 2.39. The van der Waals surface area contributed by atoms with Crippen molar-refractivity contribution in [3.8, 4) is 0 Å². The molecule has 1 aromatic rings. The zero-order valence-electron chi connectivity index (χ0n) is 11.2. The third kappa shape index (κ3) is 2.41. The first kappa shape index (κ1) is 13.5. The number of β-amino-alcohol motifs (C(OH)–C–C–N with tert-alkyl or cyclic N) is 1. The van der Waals surface area contributed by atoms with Crippen LogP contribution in [0.15, 0.2) is 18.3 Å². The zero-order chi connectivity index (χ0) is 14.1. The minimum atomic E-state index is -0.614. The summed E-state index contributed by atoms with van der Waals surface area (Å²) in [5.74, 6) is -1.06. The van der Waals surface area contributed by atoms with E-state index in [1.54, 1.807) is 0 Å². The number of aliphatic hydroxyl groups is 1. The molecule has 5 nitrogen and oxygen atoms in total. The number of hydrogen-bond acceptors (Lipinski definition) is 4. The monoisotopic (exact) mass is 279 g/mol. The number of likely N-dealkylation sites (tertiary alicyclic amines) is 2. The molecule has 2 saturated heterocycles. The molecule has 3 heterocycles. The molecule has 2 aliphatic rings. The van der Waals surface area contributed by atoms with Crippen LogP contribution in [0.3, 0.4) is 0 Å². The van der Waals surface area contributed by atoms with Crippen LogP contribution in [-0.2, 0) is 0 Å². The van der Waals surface area contributed by atoms with Crippen LogP contribution in [0.2, 0.25) is 0 Å². The van der Waals surface area contributed by atoms with Crippen LogP contribution in [0.4, 0.5) is 4.39 Å². The number of rotatable bonds is 2. The first-order chi connectivity index (χ1) is 9.66. The molecule has 0 bridgehead atoms. The van der Waals surface area contributed by atoms with E-state index in [0.29, 0.717) is 6.54 Å². The average molecular weight is 279 g/mol. The molecular formula is C14H18FN3O2. The summed E-state index contributed by atoms with van der Waals surface area (Å²) in [6.45, 7) is 2.61. The Morgan fingerprint density at radius 2 is 2.10 bits per heavy atom. The number of aliphatic hydroxyl groups excluding tert-OH is 1. The molecule has 1 N–H and O–H groups in total. The number of carbonyl (C=O) groups excluding carboxylic acids is 1. The summed E-state index contributed by atoms with van der Waals surface area (Å²) in [7, 11) is 0. The lowest BCUT2D eigenvalue weighted by atomic mass is 10.2. The Kier molecular flexibility index (Phi) is 3.67. The Hall–Kier alpha value is -1.53. The van der Waals surface area contributed by atoms with Crippen molar-refractivity contribution in [3.05, 3.63) is 29.8 Å². The highest BCUT2D eigenvalue weighted by molar-refractivity contribution is 5.92. The van der Waals surface area contributed by atoms with Gasteiger partial charge in [-0.25, -0.2) is 9.37 Å². The Balaban J connectivity index is 1.72. The average Bonchev–Trinajstić information content (AvgIpc) is 3.07. The maximum absolute atomic E-state index is 13.6. The molecule has 0 saturated carbocycles. The van der Waals surface area contributed by atoms with Gasteiger partial charge in [0.25, 0.3) is 5.91 Å². The van der Waals surface area contributed by atoms with Crippen LogP contribution in [0.1, 0.15) is 23.3 Å². The van der Waals surface area contributed by atoms with Crippen molar-refractivity contribution in [1.29, 1.82) is 0 Å². The van der Waals surface area contributed by atoms with E-state index in [-0.39, 0.29) is 18.3 Å². The minimum Gasteiger partial charge on any atom is -0.390 e. The molecule has 0 radical (unpaired) electrons. The van der Waals surface area contributed by atoms with Gasteiger partial charge in [-0.15, -0.1) is 0 Å². The summed E-state index contributed by atoms with van der Waals surface area (Å²) in [5, 5.41) is 10.1. The summed E-state index contributed by atoms with van der Waals surface area (Å²) >= 11 is 0. The molecule has 1 amide bonds. The number of halogens is 1. The SMILES string of the molecule is O=C(c1ncccc1F)N1C[C@@H](O)[C@H](N2CCCC2)C1. The smallest absolute Gasteiger partial charge is 0.275 e. The molecule has 20 heavy (non-hydrogen) atoms. The summed E-state index contributed by atoms with van der Waals surface area (Å²) in [6.07, 6.45) is 3.10. The first-order valence-corrected chi connectivity index (χ1v) is 6.98. The van der Waals surface area contributed by atoms with Crippen molar-refractivity contribution in [3.63, 3.8) is 0 Å². The molecule has 3 rings (SSSR count). The molecule has 0 aromatic carbocycles. The molecular weight excluding hydrogens is 261 g/mol. The van der Waals surface area contributed by atoms with Gasteiger partial charge in [-0.2, -0.15) is 0 Å². The van der Waals surface area contributed by atoms with Crippen LogP contribution >= 0.6 is 0 Å². The fourth-order valence-electron chi connectivity index (χ4n) is 3.06. The van der Waals surface area contributed by atoms with Crippen molar-refractivity contribution in [2.45, 2.75) is 25.0 Å². The summed E-state index contributed by atoms with van der Waals surface area (Å²) < 4.78 is 13.6. The zero-order valence-corrected chi connectivity index (χ0v) is 11.2. The van der Waals surface area contributed by atoms with Gasteiger partial charge in [0.05, 0.1) is 12.1 Å². The molecule has 0 aliphatic carbocycles. The second kappa shape index (κ2) is 5.46. The quantitative estimate of drug-likeness (QED) is 0.856.